The van der Waals surface area contributed by atoms with E-state index in [0.717, 1.165) is 7.05 Å². The van der Waals surface area contributed by atoms with Crippen molar-refractivity contribution in [1.29, 1.82) is 0 Å². The molecule has 0 saturated heterocycles. The van der Waals surface area contributed by atoms with E-state index in [9.17, 15) is 0 Å². The van der Waals surface area contributed by atoms with Gasteiger partial charge in [0.2, 0.25) is 0 Å². The minimum absolute atomic E-state index is 0. The lowest BCUT2D eigenvalue weighted by atomic mass is 10.3. The summed E-state index contributed by atoms with van der Waals surface area (Å²) in [6.07, 6.45) is 2.12. The van der Waals surface area contributed by atoms with Crippen LogP contribution in [0.15, 0.2) is 36.4 Å². The van der Waals surface area contributed by atoms with Gasteiger partial charge in [-0.1, -0.05) is 64.6 Å². The Morgan fingerprint density at radius 1 is 1.00 bits per heavy atom. The van der Waals surface area contributed by atoms with Crippen molar-refractivity contribution in [2.75, 3.05) is 13.3 Å². The molecule has 1 rings (SSSR count). The summed E-state index contributed by atoms with van der Waals surface area (Å²) < 4.78 is 0.458. The van der Waals surface area contributed by atoms with Gasteiger partial charge in [-0.25, -0.2) is 0 Å². The van der Waals surface area contributed by atoms with E-state index < -0.39 is 4.92 Å². The summed E-state index contributed by atoms with van der Waals surface area (Å²) in [4.78, 5) is 8.31. The first-order valence-electron chi connectivity index (χ1n) is 4.92. The molecule has 100 valence electrons. The van der Waals surface area contributed by atoms with Gasteiger partial charge in [-0.3, -0.25) is 10.1 Å². The SMILES string of the molecule is C.CSC(C)(C)C.C[N+](=O)[O-].c1ccccc1. The van der Waals surface area contributed by atoms with Crippen molar-refractivity contribution in [3.63, 3.8) is 0 Å². The first-order valence-corrected chi connectivity index (χ1v) is 6.15. The van der Waals surface area contributed by atoms with Gasteiger partial charge in [-0.05, 0) is 6.26 Å². The van der Waals surface area contributed by atoms with Crippen molar-refractivity contribution >= 4 is 11.8 Å². The van der Waals surface area contributed by atoms with Gasteiger partial charge >= 0.3 is 0 Å². The number of rotatable bonds is 0. The molecule has 3 nitrogen and oxygen atoms in total. The van der Waals surface area contributed by atoms with Gasteiger partial charge in [0.1, 0.15) is 0 Å². The molecule has 0 radical (unpaired) electrons. The Kier molecular flexibility index (Phi) is 16.3. The fourth-order valence-corrected chi connectivity index (χ4v) is 0.385. The summed E-state index contributed by atoms with van der Waals surface area (Å²) in [5, 5.41) is 8.81. The molecular weight excluding hydrogens is 234 g/mol. The molecule has 0 unspecified atom stereocenters. The quantitative estimate of drug-likeness (QED) is 0.513. The molecule has 17 heavy (non-hydrogen) atoms. The van der Waals surface area contributed by atoms with Crippen LogP contribution >= 0.6 is 11.8 Å². The monoisotopic (exact) mass is 259 g/mol. The lowest BCUT2D eigenvalue weighted by molar-refractivity contribution is -0.445. The molecule has 0 heterocycles. The highest BCUT2D eigenvalue weighted by molar-refractivity contribution is 7.99. The summed E-state index contributed by atoms with van der Waals surface area (Å²) in [7, 11) is 0.889. The van der Waals surface area contributed by atoms with Gasteiger partial charge in [-0.2, -0.15) is 11.8 Å². The largest absolute Gasteiger partial charge is 0.265 e. The first-order chi connectivity index (χ1) is 7.29. The Morgan fingerprint density at radius 3 is 1.18 bits per heavy atom. The average Bonchev–Trinajstić information content (AvgIpc) is 2.19. The van der Waals surface area contributed by atoms with Crippen LogP contribution in [0.25, 0.3) is 0 Å². The maximum atomic E-state index is 8.81. The zero-order chi connectivity index (χ0) is 13.0. The highest BCUT2D eigenvalue weighted by Gasteiger charge is 2.04. The highest BCUT2D eigenvalue weighted by Crippen LogP contribution is 2.18. The second-order valence-corrected chi connectivity index (χ2v) is 5.54. The predicted molar refractivity (Wildman–Crippen MR) is 79.4 cm³/mol. The average molecular weight is 259 g/mol. The summed E-state index contributed by atoms with van der Waals surface area (Å²) in [5.41, 5.74) is 0. The molecule has 0 aromatic heterocycles. The van der Waals surface area contributed by atoms with Gasteiger partial charge in [0, 0.05) is 9.67 Å². The minimum atomic E-state index is -0.500. The molecule has 1 aromatic carbocycles. The predicted octanol–water partition coefficient (Wildman–Crippen LogP) is 4.36. The van der Waals surface area contributed by atoms with E-state index in [2.05, 4.69) is 27.0 Å². The fourth-order valence-electron chi connectivity index (χ4n) is 0.385. The molecule has 0 saturated carbocycles. The van der Waals surface area contributed by atoms with E-state index in [4.69, 9.17) is 10.1 Å². The number of nitro groups is 1. The van der Waals surface area contributed by atoms with Crippen molar-refractivity contribution in [3.05, 3.63) is 46.5 Å². The standard InChI is InChI=1S/C6H6.C5H12S.CH3NO2.CH4/c1-2-4-6-5-3-1;1-5(2,3)6-4;1-2(3)4;/h1-6H;1-4H3;1H3;1H4. The number of hydrogen-bond donors (Lipinski definition) is 0. The van der Waals surface area contributed by atoms with E-state index in [0.29, 0.717) is 4.75 Å². The lowest BCUT2D eigenvalue weighted by Crippen LogP contribution is -2.04. The Labute approximate surface area is 110 Å². The van der Waals surface area contributed by atoms with Gasteiger partial charge in [0.15, 0.2) is 7.05 Å². The maximum absolute atomic E-state index is 8.81. The number of hydrogen-bond acceptors (Lipinski definition) is 3. The minimum Gasteiger partial charge on any atom is -0.265 e. The lowest BCUT2D eigenvalue weighted by Gasteiger charge is -2.12. The Morgan fingerprint density at radius 2 is 1.12 bits per heavy atom. The van der Waals surface area contributed by atoms with Crippen LogP contribution in [0.3, 0.4) is 0 Å². The van der Waals surface area contributed by atoms with Gasteiger partial charge < -0.3 is 0 Å². The third kappa shape index (κ3) is 39.6. The molecular formula is C13H25NO2S. The van der Waals surface area contributed by atoms with Crippen molar-refractivity contribution in [2.45, 2.75) is 32.9 Å². The number of nitrogens with zero attached hydrogens (tertiary/aromatic N) is 1. The molecule has 0 fully saturated rings. The van der Waals surface area contributed by atoms with Crippen LogP contribution in [0.2, 0.25) is 0 Å². The van der Waals surface area contributed by atoms with Gasteiger partial charge in [-0.15, -0.1) is 0 Å². The molecule has 4 heteroatoms. The second kappa shape index (κ2) is 13.0. The molecule has 0 aliphatic carbocycles. The molecule has 0 aliphatic rings. The molecule has 1 aromatic rings. The Balaban J connectivity index is -0.000000172. The van der Waals surface area contributed by atoms with Crippen LogP contribution in [0.1, 0.15) is 28.2 Å². The fraction of sp³-hybridized carbons (Fsp3) is 0.538. The van der Waals surface area contributed by atoms with E-state index in [1.54, 1.807) is 0 Å². The van der Waals surface area contributed by atoms with Crippen molar-refractivity contribution in [3.8, 4) is 0 Å². The number of thioether (sulfide) groups is 1. The molecule has 0 bridgehead atoms. The highest BCUT2D eigenvalue weighted by atomic mass is 32.2. The molecule has 0 aliphatic heterocycles. The molecule has 0 spiro atoms. The zero-order valence-electron chi connectivity index (χ0n) is 10.6. The maximum Gasteiger partial charge on any atom is 0.194 e. The van der Waals surface area contributed by atoms with E-state index in [1.807, 2.05) is 48.2 Å². The smallest absolute Gasteiger partial charge is 0.194 e. The zero-order valence-corrected chi connectivity index (χ0v) is 11.5. The van der Waals surface area contributed by atoms with Crippen LogP contribution in [0.4, 0.5) is 0 Å². The van der Waals surface area contributed by atoms with E-state index >= 15 is 0 Å². The second-order valence-electron chi connectivity index (χ2n) is 3.91. The van der Waals surface area contributed by atoms with Crippen molar-refractivity contribution in [2.24, 2.45) is 0 Å². The topological polar surface area (TPSA) is 43.1 Å². The van der Waals surface area contributed by atoms with Crippen LogP contribution in [0, 0.1) is 10.1 Å². The Hall–Kier alpha value is -1.03. The van der Waals surface area contributed by atoms with Crippen LogP contribution in [-0.2, 0) is 0 Å². The number of benzene rings is 1. The van der Waals surface area contributed by atoms with E-state index in [1.165, 1.54) is 0 Å². The van der Waals surface area contributed by atoms with Crippen LogP contribution in [0.5, 0.6) is 0 Å². The summed E-state index contributed by atoms with van der Waals surface area (Å²) in [6, 6.07) is 12.0. The first kappa shape index (κ1) is 21.3. The third-order valence-corrected chi connectivity index (χ3v) is 2.50. The van der Waals surface area contributed by atoms with Crippen molar-refractivity contribution in [1.82, 2.24) is 0 Å². The Bertz CT molecular complexity index is 227. The van der Waals surface area contributed by atoms with Gasteiger partial charge in [0.05, 0.1) is 0 Å². The molecule has 0 atom stereocenters. The van der Waals surface area contributed by atoms with Crippen molar-refractivity contribution < 1.29 is 4.92 Å². The molecule has 0 amide bonds. The third-order valence-electron chi connectivity index (χ3n) is 1.28. The summed E-state index contributed by atoms with van der Waals surface area (Å²) in [6.45, 7) is 6.62. The van der Waals surface area contributed by atoms with E-state index in [-0.39, 0.29) is 7.43 Å². The summed E-state index contributed by atoms with van der Waals surface area (Å²) >= 11 is 1.88. The van der Waals surface area contributed by atoms with Crippen LogP contribution in [-0.4, -0.2) is 23.0 Å². The van der Waals surface area contributed by atoms with Gasteiger partial charge in [0.25, 0.3) is 0 Å². The normalized spacial score (nSPS) is 8.53. The van der Waals surface area contributed by atoms with Crippen LogP contribution < -0.4 is 0 Å². The summed E-state index contributed by atoms with van der Waals surface area (Å²) in [5.74, 6) is 0. The molecule has 0 N–H and O–H groups in total.